The van der Waals surface area contributed by atoms with Gasteiger partial charge in [-0.1, -0.05) is 20.3 Å². The average Bonchev–Trinajstić information content (AvgIpc) is 2.83. The van der Waals surface area contributed by atoms with Crippen molar-refractivity contribution in [2.24, 2.45) is 5.41 Å². The fourth-order valence-corrected chi connectivity index (χ4v) is 2.99. The molecule has 1 saturated heterocycles. The van der Waals surface area contributed by atoms with Crippen LogP contribution in [0.5, 0.6) is 0 Å². The Hall–Kier alpha value is -0.570. The van der Waals surface area contributed by atoms with E-state index in [2.05, 4.69) is 19.2 Å². The molecule has 2 aliphatic rings. The first-order chi connectivity index (χ1) is 7.59. The molecule has 1 N–H and O–H groups in total. The Kier molecular flexibility index (Phi) is 3.53. The SMILES string of the molecule is CC1(C)CCC[C@@H]1NCC(=O)N1CCCC1. The molecule has 0 aromatic rings. The first-order valence-electron chi connectivity index (χ1n) is 6.61. The van der Waals surface area contributed by atoms with Crippen molar-refractivity contribution in [3.8, 4) is 0 Å². The topological polar surface area (TPSA) is 32.3 Å². The Balaban J connectivity index is 1.76. The molecule has 3 nitrogen and oxygen atoms in total. The van der Waals surface area contributed by atoms with Crippen molar-refractivity contribution in [3.05, 3.63) is 0 Å². The molecule has 0 bridgehead atoms. The van der Waals surface area contributed by atoms with Crippen LogP contribution in [0.25, 0.3) is 0 Å². The van der Waals surface area contributed by atoms with Gasteiger partial charge in [0.05, 0.1) is 6.54 Å². The van der Waals surface area contributed by atoms with E-state index in [1.54, 1.807) is 0 Å². The predicted octanol–water partition coefficient (Wildman–Crippen LogP) is 1.78. The van der Waals surface area contributed by atoms with E-state index in [-0.39, 0.29) is 0 Å². The maximum atomic E-state index is 11.9. The minimum absolute atomic E-state index is 0.292. The predicted molar refractivity (Wildman–Crippen MR) is 65.2 cm³/mol. The van der Waals surface area contributed by atoms with Gasteiger partial charge in [0.15, 0.2) is 0 Å². The van der Waals surface area contributed by atoms with Crippen LogP contribution < -0.4 is 5.32 Å². The molecular weight excluding hydrogens is 200 g/mol. The summed E-state index contributed by atoms with van der Waals surface area (Å²) in [5, 5.41) is 3.46. The molecule has 0 aromatic heterocycles. The molecule has 1 saturated carbocycles. The van der Waals surface area contributed by atoms with E-state index in [1.165, 1.54) is 32.1 Å². The highest BCUT2D eigenvalue weighted by atomic mass is 16.2. The van der Waals surface area contributed by atoms with Crippen LogP contribution >= 0.6 is 0 Å². The maximum absolute atomic E-state index is 11.9. The second-order valence-electron chi connectivity index (χ2n) is 5.90. The number of hydrogen-bond donors (Lipinski definition) is 1. The summed E-state index contributed by atoms with van der Waals surface area (Å²) in [7, 11) is 0. The lowest BCUT2D eigenvalue weighted by Gasteiger charge is -2.28. The minimum atomic E-state index is 0.292. The Morgan fingerprint density at radius 2 is 2.00 bits per heavy atom. The summed E-state index contributed by atoms with van der Waals surface area (Å²) in [5.41, 5.74) is 0.366. The highest BCUT2D eigenvalue weighted by molar-refractivity contribution is 5.78. The Bertz CT molecular complexity index is 257. The molecule has 0 aromatic carbocycles. The van der Waals surface area contributed by atoms with Crippen molar-refractivity contribution in [2.45, 2.75) is 52.0 Å². The van der Waals surface area contributed by atoms with Crippen LogP contribution in [0.3, 0.4) is 0 Å². The molecule has 92 valence electrons. The van der Waals surface area contributed by atoms with Crippen molar-refractivity contribution in [2.75, 3.05) is 19.6 Å². The summed E-state index contributed by atoms with van der Waals surface area (Å²) in [5.74, 6) is 0.292. The number of amides is 1. The van der Waals surface area contributed by atoms with E-state index < -0.39 is 0 Å². The molecule has 1 aliphatic carbocycles. The second-order valence-corrected chi connectivity index (χ2v) is 5.90. The molecule has 0 radical (unpaired) electrons. The highest BCUT2D eigenvalue weighted by Crippen LogP contribution is 2.36. The number of carbonyl (C=O) groups excluding carboxylic acids is 1. The molecule has 1 aliphatic heterocycles. The van der Waals surface area contributed by atoms with Crippen LogP contribution in [0.2, 0.25) is 0 Å². The van der Waals surface area contributed by atoms with E-state index >= 15 is 0 Å². The smallest absolute Gasteiger partial charge is 0.236 e. The largest absolute Gasteiger partial charge is 0.342 e. The quantitative estimate of drug-likeness (QED) is 0.792. The number of likely N-dealkylation sites (tertiary alicyclic amines) is 1. The summed E-state index contributed by atoms with van der Waals surface area (Å²) in [6.45, 7) is 7.08. The van der Waals surface area contributed by atoms with Crippen LogP contribution in [0.4, 0.5) is 0 Å². The molecule has 16 heavy (non-hydrogen) atoms. The zero-order valence-corrected chi connectivity index (χ0v) is 10.6. The highest BCUT2D eigenvalue weighted by Gasteiger charge is 2.34. The molecule has 0 unspecified atom stereocenters. The van der Waals surface area contributed by atoms with E-state index in [0.29, 0.717) is 23.9 Å². The van der Waals surface area contributed by atoms with Crippen LogP contribution in [0, 0.1) is 5.41 Å². The van der Waals surface area contributed by atoms with Gasteiger partial charge in [0.1, 0.15) is 0 Å². The lowest BCUT2D eigenvalue weighted by Crippen LogP contribution is -2.44. The minimum Gasteiger partial charge on any atom is -0.342 e. The molecular formula is C13H24N2O. The van der Waals surface area contributed by atoms with Crippen LogP contribution in [0.1, 0.15) is 46.0 Å². The Morgan fingerprint density at radius 1 is 1.31 bits per heavy atom. The number of carbonyl (C=O) groups is 1. The van der Waals surface area contributed by atoms with Crippen molar-refractivity contribution in [1.82, 2.24) is 10.2 Å². The summed E-state index contributed by atoms with van der Waals surface area (Å²) in [6.07, 6.45) is 6.16. The van der Waals surface area contributed by atoms with Crippen molar-refractivity contribution in [1.29, 1.82) is 0 Å². The molecule has 0 spiro atoms. The summed E-state index contributed by atoms with van der Waals surface area (Å²) < 4.78 is 0. The van der Waals surface area contributed by atoms with Gasteiger partial charge in [-0.25, -0.2) is 0 Å². The summed E-state index contributed by atoms with van der Waals surface area (Å²) >= 11 is 0. The monoisotopic (exact) mass is 224 g/mol. The van der Waals surface area contributed by atoms with E-state index in [9.17, 15) is 4.79 Å². The van der Waals surface area contributed by atoms with Gasteiger partial charge in [0.2, 0.25) is 5.91 Å². The van der Waals surface area contributed by atoms with Gasteiger partial charge < -0.3 is 10.2 Å². The van der Waals surface area contributed by atoms with Gasteiger partial charge in [0, 0.05) is 19.1 Å². The third kappa shape index (κ3) is 2.57. The van der Waals surface area contributed by atoms with Crippen molar-refractivity contribution < 1.29 is 4.79 Å². The van der Waals surface area contributed by atoms with Crippen LogP contribution in [0.15, 0.2) is 0 Å². The molecule has 2 fully saturated rings. The van der Waals surface area contributed by atoms with Crippen molar-refractivity contribution >= 4 is 5.91 Å². The normalized spacial score (nSPS) is 28.6. The fourth-order valence-electron chi connectivity index (χ4n) is 2.99. The van der Waals surface area contributed by atoms with Crippen LogP contribution in [-0.4, -0.2) is 36.5 Å². The lowest BCUT2D eigenvalue weighted by atomic mass is 9.87. The maximum Gasteiger partial charge on any atom is 0.236 e. The van der Waals surface area contributed by atoms with Gasteiger partial charge in [0.25, 0.3) is 0 Å². The fraction of sp³-hybridized carbons (Fsp3) is 0.923. The standard InChI is InChI=1S/C13H24N2O/c1-13(2)7-5-6-11(13)14-10-12(16)15-8-3-4-9-15/h11,14H,3-10H2,1-2H3/t11-/m0/s1. The second kappa shape index (κ2) is 4.74. The lowest BCUT2D eigenvalue weighted by molar-refractivity contribution is -0.129. The Morgan fingerprint density at radius 3 is 2.56 bits per heavy atom. The zero-order valence-electron chi connectivity index (χ0n) is 10.6. The summed E-state index contributed by atoms with van der Waals surface area (Å²) in [4.78, 5) is 13.9. The zero-order chi connectivity index (χ0) is 11.6. The van der Waals surface area contributed by atoms with E-state index in [0.717, 1.165) is 13.1 Å². The van der Waals surface area contributed by atoms with Gasteiger partial charge >= 0.3 is 0 Å². The van der Waals surface area contributed by atoms with E-state index in [4.69, 9.17) is 0 Å². The Labute approximate surface area is 98.6 Å². The number of rotatable bonds is 3. The number of nitrogens with one attached hydrogen (secondary N) is 1. The molecule has 2 rings (SSSR count). The third-order valence-corrected chi connectivity index (χ3v) is 4.22. The van der Waals surface area contributed by atoms with Gasteiger partial charge in [-0.05, 0) is 31.1 Å². The first kappa shape index (κ1) is 11.9. The molecule has 1 heterocycles. The third-order valence-electron chi connectivity index (χ3n) is 4.22. The number of nitrogens with zero attached hydrogens (tertiary/aromatic N) is 1. The average molecular weight is 224 g/mol. The van der Waals surface area contributed by atoms with Crippen LogP contribution in [-0.2, 0) is 4.79 Å². The van der Waals surface area contributed by atoms with E-state index in [1.807, 2.05) is 4.90 Å². The molecule has 1 atom stereocenters. The summed E-state index contributed by atoms with van der Waals surface area (Å²) in [6, 6.07) is 0.527. The number of hydrogen-bond acceptors (Lipinski definition) is 2. The van der Waals surface area contributed by atoms with Gasteiger partial charge in [-0.2, -0.15) is 0 Å². The van der Waals surface area contributed by atoms with Gasteiger partial charge in [-0.3, -0.25) is 4.79 Å². The van der Waals surface area contributed by atoms with Crippen molar-refractivity contribution in [3.63, 3.8) is 0 Å². The van der Waals surface area contributed by atoms with Gasteiger partial charge in [-0.15, -0.1) is 0 Å². The molecule has 3 heteroatoms. The first-order valence-corrected chi connectivity index (χ1v) is 6.61. The molecule has 1 amide bonds.